The molecule has 2 rings (SSSR count). The van der Waals surface area contributed by atoms with Crippen molar-refractivity contribution in [3.05, 3.63) is 27.1 Å². The summed E-state index contributed by atoms with van der Waals surface area (Å²) in [5.41, 5.74) is 0.640. The van der Waals surface area contributed by atoms with Gasteiger partial charge in [-0.05, 0) is 33.5 Å². The number of nitrogens with zero attached hydrogens (tertiary/aromatic N) is 3. The van der Waals surface area contributed by atoms with Crippen LogP contribution in [0.1, 0.15) is 22.2 Å². The molecular formula is C14H20N4O2S. The fourth-order valence-corrected chi connectivity index (χ4v) is 3.13. The molecule has 2 aromatic heterocycles. The Kier molecular flexibility index (Phi) is 4.74. The Morgan fingerprint density at radius 3 is 2.81 bits per heavy atom. The van der Waals surface area contributed by atoms with Gasteiger partial charge in [0, 0.05) is 19.6 Å². The standard InChI is InChI=1S/C14H20N4O2S/c1-5-18-8-16-13-10(14(18)20)9(2)11(21-13)12(19)15-6-7-17(3)4/h8H,5-7H2,1-4H3,(H,15,19). The topological polar surface area (TPSA) is 67.2 Å². The molecule has 0 spiro atoms. The van der Waals surface area contributed by atoms with Crippen LogP contribution in [0.4, 0.5) is 0 Å². The second kappa shape index (κ2) is 6.36. The molecule has 0 aliphatic rings. The van der Waals surface area contributed by atoms with Crippen molar-refractivity contribution in [2.75, 3.05) is 27.2 Å². The van der Waals surface area contributed by atoms with E-state index in [1.165, 1.54) is 17.7 Å². The lowest BCUT2D eigenvalue weighted by Gasteiger charge is -2.09. The van der Waals surface area contributed by atoms with Gasteiger partial charge in [0.25, 0.3) is 11.5 Å². The molecule has 21 heavy (non-hydrogen) atoms. The molecule has 0 unspecified atom stereocenters. The van der Waals surface area contributed by atoms with Crippen molar-refractivity contribution >= 4 is 27.5 Å². The van der Waals surface area contributed by atoms with E-state index in [1.807, 2.05) is 32.8 Å². The molecule has 0 aromatic carbocycles. The number of hydrogen-bond acceptors (Lipinski definition) is 5. The van der Waals surface area contributed by atoms with E-state index in [0.29, 0.717) is 28.2 Å². The summed E-state index contributed by atoms with van der Waals surface area (Å²) < 4.78 is 1.55. The first-order chi connectivity index (χ1) is 9.95. The normalized spacial score (nSPS) is 11.3. The van der Waals surface area contributed by atoms with E-state index >= 15 is 0 Å². The molecule has 7 heteroatoms. The van der Waals surface area contributed by atoms with Crippen LogP contribution < -0.4 is 10.9 Å². The van der Waals surface area contributed by atoms with E-state index in [2.05, 4.69) is 10.3 Å². The zero-order valence-corrected chi connectivity index (χ0v) is 13.6. The number of fused-ring (bicyclic) bond motifs is 1. The number of carbonyl (C=O) groups excluding carboxylic acids is 1. The van der Waals surface area contributed by atoms with E-state index in [1.54, 1.807) is 4.57 Å². The highest BCUT2D eigenvalue weighted by Crippen LogP contribution is 2.26. The molecule has 6 nitrogen and oxygen atoms in total. The van der Waals surface area contributed by atoms with Crippen LogP contribution in [-0.4, -0.2) is 47.5 Å². The third kappa shape index (κ3) is 3.14. The summed E-state index contributed by atoms with van der Waals surface area (Å²) >= 11 is 1.27. The summed E-state index contributed by atoms with van der Waals surface area (Å²) in [5, 5.41) is 3.43. The lowest BCUT2D eigenvalue weighted by molar-refractivity contribution is 0.0954. The van der Waals surface area contributed by atoms with Gasteiger partial charge < -0.3 is 10.2 Å². The number of nitrogens with one attached hydrogen (secondary N) is 1. The highest BCUT2D eigenvalue weighted by molar-refractivity contribution is 7.20. The van der Waals surface area contributed by atoms with Gasteiger partial charge in [0.15, 0.2) is 0 Å². The van der Waals surface area contributed by atoms with Gasteiger partial charge >= 0.3 is 0 Å². The van der Waals surface area contributed by atoms with Crippen molar-refractivity contribution < 1.29 is 4.79 Å². The largest absolute Gasteiger partial charge is 0.350 e. The molecule has 0 saturated heterocycles. The summed E-state index contributed by atoms with van der Waals surface area (Å²) in [5.74, 6) is -0.139. The first-order valence-electron chi connectivity index (χ1n) is 6.87. The average molecular weight is 308 g/mol. The van der Waals surface area contributed by atoms with E-state index in [4.69, 9.17) is 0 Å². The Morgan fingerprint density at radius 1 is 1.48 bits per heavy atom. The van der Waals surface area contributed by atoms with Crippen LogP contribution in [0.2, 0.25) is 0 Å². The SMILES string of the molecule is CCn1cnc2sc(C(=O)NCCN(C)C)c(C)c2c1=O. The van der Waals surface area contributed by atoms with Crippen molar-refractivity contribution in [3.63, 3.8) is 0 Å². The van der Waals surface area contributed by atoms with E-state index < -0.39 is 0 Å². The first-order valence-corrected chi connectivity index (χ1v) is 7.68. The van der Waals surface area contributed by atoms with Gasteiger partial charge in [-0.3, -0.25) is 14.2 Å². The predicted molar refractivity (Wildman–Crippen MR) is 85.2 cm³/mol. The molecule has 2 aromatic rings. The Labute approximate surface area is 127 Å². The molecule has 0 fully saturated rings. The van der Waals surface area contributed by atoms with E-state index in [9.17, 15) is 9.59 Å². The van der Waals surface area contributed by atoms with Crippen molar-refractivity contribution in [3.8, 4) is 0 Å². The van der Waals surface area contributed by atoms with E-state index in [-0.39, 0.29) is 11.5 Å². The molecule has 0 bridgehead atoms. The lowest BCUT2D eigenvalue weighted by Crippen LogP contribution is -2.31. The second-order valence-electron chi connectivity index (χ2n) is 5.13. The zero-order valence-electron chi connectivity index (χ0n) is 12.8. The summed E-state index contributed by atoms with van der Waals surface area (Å²) in [7, 11) is 3.90. The fourth-order valence-electron chi connectivity index (χ4n) is 2.07. The Bertz CT molecular complexity index is 718. The van der Waals surface area contributed by atoms with Gasteiger partial charge in [-0.15, -0.1) is 11.3 Å². The molecule has 1 N–H and O–H groups in total. The highest BCUT2D eigenvalue weighted by Gasteiger charge is 2.18. The molecular weight excluding hydrogens is 288 g/mol. The number of hydrogen-bond donors (Lipinski definition) is 1. The maximum atomic E-state index is 12.3. The van der Waals surface area contributed by atoms with Gasteiger partial charge in [-0.2, -0.15) is 0 Å². The summed E-state index contributed by atoms with van der Waals surface area (Å²) in [6.07, 6.45) is 1.54. The molecule has 0 aliphatic heterocycles. The van der Waals surface area contributed by atoms with Gasteiger partial charge in [0.05, 0.1) is 16.6 Å². The van der Waals surface area contributed by atoms with Crippen LogP contribution >= 0.6 is 11.3 Å². The minimum absolute atomic E-state index is 0.0800. The van der Waals surface area contributed by atoms with Gasteiger partial charge in [-0.1, -0.05) is 0 Å². The minimum atomic E-state index is -0.139. The van der Waals surface area contributed by atoms with Gasteiger partial charge in [0.1, 0.15) is 4.83 Å². The molecule has 0 radical (unpaired) electrons. The Balaban J connectivity index is 2.33. The Morgan fingerprint density at radius 2 is 2.19 bits per heavy atom. The molecule has 114 valence electrons. The monoisotopic (exact) mass is 308 g/mol. The number of aryl methyl sites for hydroxylation is 2. The first kappa shape index (κ1) is 15.7. The van der Waals surface area contributed by atoms with Crippen LogP contribution in [0, 0.1) is 6.92 Å². The Hall–Kier alpha value is -1.73. The van der Waals surface area contributed by atoms with Crippen molar-refractivity contribution in [2.24, 2.45) is 0 Å². The second-order valence-corrected chi connectivity index (χ2v) is 6.13. The number of thiophene rings is 1. The molecule has 0 atom stereocenters. The minimum Gasteiger partial charge on any atom is -0.350 e. The van der Waals surface area contributed by atoms with E-state index in [0.717, 1.165) is 12.1 Å². The molecule has 0 saturated carbocycles. The summed E-state index contributed by atoms with van der Waals surface area (Å²) in [4.78, 5) is 32.0. The maximum absolute atomic E-state index is 12.3. The third-order valence-electron chi connectivity index (χ3n) is 3.31. The van der Waals surface area contributed by atoms with Crippen LogP contribution in [0.15, 0.2) is 11.1 Å². The third-order valence-corrected chi connectivity index (χ3v) is 4.51. The molecule has 2 heterocycles. The van der Waals surface area contributed by atoms with Crippen LogP contribution in [0.25, 0.3) is 10.2 Å². The number of amides is 1. The average Bonchev–Trinajstić information content (AvgIpc) is 2.77. The summed E-state index contributed by atoms with van der Waals surface area (Å²) in [6, 6.07) is 0. The molecule has 1 amide bonds. The van der Waals surface area contributed by atoms with Crippen LogP contribution in [0.5, 0.6) is 0 Å². The number of aromatic nitrogens is 2. The van der Waals surface area contributed by atoms with Crippen molar-refractivity contribution in [1.29, 1.82) is 0 Å². The molecule has 0 aliphatic carbocycles. The number of likely N-dealkylation sites (N-methyl/N-ethyl adjacent to an activating group) is 1. The lowest BCUT2D eigenvalue weighted by atomic mass is 10.2. The predicted octanol–water partition coefficient (Wildman–Crippen LogP) is 1.08. The quantitative estimate of drug-likeness (QED) is 0.897. The van der Waals surface area contributed by atoms with Gasteiger partial charge in [0.2, 0.25) is 0 Å². The van der Waals surface area contributed by atoms with Crippen LogP contribution in [0.3, 0.4) is 0 Å². The smallest absolute Gasteiger partial charge is 0.262 e. The maximum Gasteiger partial charge on any atom is 0.262 e. The number of carbonyl (C=O) groups is 1. The van der Waals surface area contributed by atoms with Crippen molar-refractivity contribution in [2.45, 2.75) is 20.4 Å². The highest BCUT2D eigenvalue weighted by atomic mass is 32.1. The van der Waals surface area contributed by atoms with Crippen LogP contribution in [-0.2, 0) is 6.54 Å². The van der Waals surface area contributed by atoms with Gasteiger partial charge in [-0.25, -0.2) is 4.98 Å². The fraction of sp³-hybridized carbons (Fsp3) is 0.500. The van der Waals surface area contributed by atoms with Crippen molar-refractivity contribution in [1.82, 2.24) is 19.8 Å². The zero-order chi connectivity index (χ0) is 15.6. The summed E-state index contributed by atoms with van der Waals surface area (Å²) in [6.45, 7) is 5.62. The number of rotatable bonds is 5.